The second-order valence-corrected chi connectivity index (χ2v) is 5.45. The van der Waals surface area contributed by atoms with Crippen LogP contribution in [0, 0.1) is 0 Å². The molecule has 21 heavy (non-hydrogen) atoms. The summed E-state index contributed by atoms with van der Waals surface area (Å²) in [5, 5.41) is 9.25. The molecule has 1 aromatic carbocycles. The van der Waals surface area contributed by atoms with Gasteiger partial charge in [0.1, 0.15) is 11.8 Å². The quantitative estimate of drug-likeness (QED) is 0.849. The van der Waals surface area contributed by atoms with Gasteiger partial charge in [0.25, 0.3) is 5.91 Å². The van der Waals surface area contributed by atoms with E-state index in [9.17, 15) is 14.7 Å². The first-order valence-electron chi connectivity index (χ1n) is 6.66. The topological polar surface area (TPSA) is 76.1 Å². The summed E-state index contributed by atoms with van der Waals surface area (Å²) in [6, 6.07) is 4.26. The number of benzene rings is 1. The highest BCUT2D eigenvalue weighted by Crippen LogP contribution is 2.39. The average Bonchev–Trinajstić information content (AvgIpc) is 2.46. The molecule has 1 heterocycles. The molecule has 1 amide bonds. The molecule has 0 bridgehead atoms. The molecule has 6 nitrogen and oxygen atoms in total. The molecule has 0 aliphatic carbocycles. The van der Waals surface area contributed by atoms with Crippen LogP contribution in [0.3, 0.4) is 0 Å². The summed E-state index contributed by atoms with van der Waals surface area (Å²) in [5.74, 6) is -0.350. The number of aliphatic hydroxyl groups is 1. The van der Waals surface area contributed by atoms with Gasteiger partial charge in [-0.25, -0.2) is 4.79 Å². The van der Waals surface area contributed by atoms with Gasteiger partial charge in [0.2, 0.25) is 0 Å². The van der Waals surface area contributed by atoms with Crippen LogP contribution in [0.4, 0.5) is 5.69 Å². The zero-order chi connectivity index (χ0) is 15.8. The van der Waals surface area contributed by atoms with E-state index < -0.39 is 17.6 Å². The highest BCUT2D eigenvalue weighted by Gasteiger charge is 2.44. The first-order valence-corrected chi connectivity index (χ1v) is 6.66. The van der Waals surface area contributed by atoms with Crippen LogP contribution in [0.1, 0.15) is 26.3 Å². The molecule has 1 N–H and O–H groups in total. The van der Waals surface area contributed by atoms with E-state index in [0.717, 1.165) is 0 Å². The van der Waals surface area contributed by atoms with Crippen molar-refractivity contribution in [2.45, 2.75) is 39.0 Å². The lowest BCUT2D eigenvalue weighted by Crippen LogP contribution is -2.57. The Hall–Kier alpha value is -2.08. The number of hydrogen-bond donors (Lipinski definition) is 1. The molecule has 0 fully saturated rings. The molecule has 1 unspecified atom stereocenters. The summed E-state index contributed by atoms with van der Waals surface area (Å²) in [6.07, 6.45) is 0. The van der Waals surface area contributed by atoms with Crippen molar-refractivity contribution in [3.63, 3.8) is 0 Å². The minimum atomic E-state index is -1.07. The molecule has 1 aromatic rings. The molecule has 2 rings (SSSR count). The predicted molar refractivity (Wildman–Crippen MR) is 76.0 cm³/mol. The molecule has 1 aliphatic rings. The zero-order valence-electron chi connectivity index (χ0n) is 12.5. The fourth-order valence-corrected chi connectivity index (χ4v) is 2.31. The Labute approximate surface area is 123 Å². The van der Waals surface area contributed by atoms with Crippen LogP contribution >= 0.6 is 0 Å². The molecule has 0 spiro atoms. The van der Waals surface area contributed by atoms with Crippen LogP contribution in [0.5, 0.6) is 5.75 Å². The summed E-state index contributed by atoms with van der Waals surface area (Å²) < 4.78 is 10.4. The first kappa shape index (κ1) is 15.3. The molecule has 0 aromatic heterocycles. The van der Waals surface area contributed by atoms with Crippen molar-refractivity contribution < 1.29 is 24.2 Å². The van der Waals surface area contributed by atoms with Gasteiger partial charge in [0.15, 0.2) is 5.60 Å². The Morgan fingerprint density at radius 3 is 2.71 bits per heavy atom. The van der Waals surface area contributed by atoms with Gasteiger partial charge in [-0.2, -0.15) is 0 Å². The van der Waals surface area contributed by atoms with Gasteiger partial charge in [0.05, 0.1) is 19.4 Å². The predicted octanol–water partition coefficient (Wildman–Crippen LogP) is 1.24. The molecule has 0 saturated carbocycles. The van der Waals surface area contributed by atoms with Crippen LogP contribution in [-0.4, -0.2) is 35.7 Å². The number of rotatable bonds is 3. The van der Waals surface area contributed by atoms with E-state index >= 15 is 0 Å². The number of carbonyl (C=O) groups is 2. The van der Waals surface area contributed by atoms with Crippen LogP contribution in [0.25, 0.3) is 0 Å². The molecule has 114 valence electrons. The van der Waals surface area contributed by atoms with Crippen molar-refractivity contribution in [3.8, 4) is 5.75 Å². The molecule has 0 saturated heterocycles. The maximum atomic E-state index is 12.6. The fraction of sp³-hybridized carbons (Fsp3) is 0.467. The van der Waals surface area contributed by atoms with E-state index in [4.69, 9.17) is 9.47 Å². The number of amides is 1. The smallest absolute Gasteiger partial charge is 0.328 e. The molecular formula is C15H19NO5. The lowest BCUT2D eigenvalue weighted by atomic mass is 10.0. The van der Waals surface area contributed by atoms with Crippen LogP contribution in [0.15, 0.2) is 18.2 Å². The number of carbonyl (C=O) groups excluding carboxylic acids is 2. The Morgan fingerprint density at radius 1 is 1.48 bits per heavy atom. The number of esters is 1. The summed E-state index contributed by atoms with van der Waals surface area (Å²) in [5.41, 5.74) is 0.0198. The third-order valence-electron chi connectivity index (χ3n) is 3.49. The highest BCUT2D eigenvalue weighted by atomic mass is 16.5. The van der Waals surface area contributed by atoms with Crippen molar-refractivity contribution in [3.05, 3.63) is 23.8 Å². The summed E-state index contributed by atoms with van der Waals surface area (Å²) in [7, 11) is 1.28. The average molecular weight is 293 g/mol. The minimum Gasteiger partial charge on any atom is -0.476 e. The number of hydrogen-bond acceptors (Lipinski definition) is 5. The normalized spacial score (nSPS) is 17.8. The van der Waals surface area contributed by atoms with Gasteiger partial charge < -0.3 is 14.6 Å². The molecule has 6 heteroatoms. The van der Waals surface area contributed by atoms with E-state index in [1.165, 1.54) is 12.0 Å². The minimum absolute atomic E-state index is 0.161. The van der Waals surface area contributed by atoms with Gasteiger partial charge in [-0.05, 0) is 38.5 Å². The van der Waals surface area contributed by atoms with E-state index in [-0.39, 0.29) is 12.5 Å². The number of methoxy groups -OCH3 is 1. The van der Waals surface area contributed by atoms with Gasteiger partial charge in [-0.1, -0.05) is 6.07 Å². The standard InChI is InChI=1S/C15H19NO5/c1-9(13(18)20-4)16-11-7-10(8-17)5-6-12(11)21-15(2,3)14(16)19/h5-7,9,17H,8H2,1-4H3. The third kappa shape index (κ3) is 2.58. The molecule has 1 atom stereocenters. The van der Waals surface area contributed by atoms with Crippen molar-refractivity contribution in [2.24, 2.45) is 0 Å². The number of ether oxygens (including phenoxy) is 2. The second-order valence-electron chi connectivity index (χ2n) is 5.45. The summed E-state index contributed by atoms with van der Waals surface area (Å²) in [6.45, 7) is 4.73. The lowest BCUT2D eigenvalue weighted by molar-refractivity contribution is -0.145. The Morgan fingerprint density at radius 2 is 2.14 bits per heavy atom. The lowest BCUT2D eigenvalue weighted by Gasteiger charge is -2.40. The van der Waals surface area contributed by atoms with E-state index in [0.29, 0.717) is 17.0 Å². The summed E-state index contributed by atoms with van der Waals surface area (Å²) in [4.78, 5) is 25.8. The Kier molecular flexibility index (Phi) is 3.91. The maximum Gasteiger partial charge on any atom is 0.328 e. The highest BCUT2D eigenvalue weighted by molar-refractivity contribution is 6.06. The van der Waals surface area contributed by atoms with Gasteiger partial charge in [0, 0.05) is 0 Å². The Balaban J connectivity index is 2.56. The monoisotopic (exact) mass is 293 g/mol. The fourth-order valence-electron chi connectivity index (χ4n) is 2.31. The van der Waals surface area contributed by atoms with Crippen LogP contribution in [0.2, 0.25) is 0 Å². The number of aliphatic hydroxyl groups excluding tert-OH is 1. The van der Waals surface area contributed by atoms with Crippen LogP contribution < -0.4 is 9.64 Å². The summed E-state index contributed by atoms with van der Waals surface area (Å²) >= 11 is 0. The van der Waals surface area contributed by atoms with E-state index in [2.05, 4.69) is 0 Å². The largest absolute Gasteiger partial charge is 0.476 e. The van der Waals surface area contributed by atoms with Gasteiger partial charge in [-0.15, -0.1) is 0 Å². The zero-order valence-corrected chi connectivity index (χ0v) is 12.5. The van der Waals surface area contributed by atoms with Crippen LogP contribution in [-0.2, 0) is 20.9 Å². The first-order chi connectivity index (χ1) is 9.81. The Bertz CT molecular complexity index is 581. The van der Waals surface area contributed by atoms with Crippen molar-refractivity contribution in [1.82, 2.24) is 0 Å². The third-order valence-corrected chi connectivity index (χ3v) is 3.49. The molecular weight excluding hydrogens is 274 g/mol. The maximum absolute atomic E-state index is 12.6. The van der Waals surface area contributed by atoms with Crippen molar-refractivity contribution in [2.75, 3.05) is 12.0 Å². The van der Waals surface area contributed by atoms with Crippen molar-refractivity contribution in [1.29, 1.82) is 0 Å². The molecule has 1 aliphatic heterocycles. The number of anilines is 1. The second kappa shape index (κ2) is 5.37. The van der Waals surface area contributed by atoms with Crippen molar-refractivity contribution >= 4 is 17.6 Å². The van der Waals surface area contributed by atoms with Gasteiger partial charge in [-0.3, -0.25) is 9.69 Å². The van der Waals surface area contributed by atoms with Gasteiger partial charge >= 0.3 is 5.97 Å². The number of nitrogens with zero attached hydrogens (tertiary/aromatic N) is 1. The van der Waals surface area contributed by atoms with E-state index in [1.807, 2.05) is 0 Å². The molecule has 0 radical (unpaired) electrons. The van der Waals surface area contributed by atoms with E-state index in [1.54, 1.807) is 39.0 Å². The number of fused-ring (bicyclic) bond motifs is 1. The SMILES string of the molecule is COC(=O)C(C)N1C(=O)C(C)(C)Oc2ccc(CO)cc21.